The lowest BCUT2D eigenvalue weighted by Crippen LogP contribution is -2.67. The predicted octanol–water partition coefficient (Wildman–Crippen LogP) is 1.96. The lowest BCUT2D eigenvalue weighted by molar-refractivity contribution is -0.154. The van der Waals surface area contributed by atoms with E-state index in [-0.39, 0.29) is 29.2 Å². The van der Waals surface area contributed by atoms with Crippen molar-refractivity contribution < 1.29 is 9.59 Å². The van der Waals surface area contributed by atoms with Crippen LogP contribution in [0.5, 0.6) is 0 Å². The maximum Gasteiger partial charge on any atom is 0.246 e. The molecule has 2 unspecified atom stereocenters. The number of hydrogen-bond donors (Lipinski definition) is 1. The van der Waals surface area contributed by atoms with Gasteiger partial charge in [0.05, 0.1) is 0 Å². The van der Waals surface area contributed by atoms with E-state index in [1.165, 1.54) is 0 Å². The maximum atomic E-state index is 12.6. The van der Waals surface area contributed by atoms with Crippen LogP contribution < -0.4 is 5.32 Å². The van der Waals surface area contributed by atoms with Crippen molar-refractivity contribution in [1.29, 1.82) is 0 Å². The second kappa shape index (κ2) is 5.76. The van der Waals surface area contributed by atoms with Crippen LogP contribution in [0.1, 0.15) is 41.0 Å². The number of amides is 2. The van der Waals surface area contributed by atoms with Crippen molar-refractivity contribution in [3.05, 3.63) is 12.7 Å². The van der Waals surface area contributed by atoms with Gasteiger partial charge in [0, 0.05) is 6.54 Å². The molecule has 4 heteroatoms. The molecule has 1 saturated heterocycles. The Hall–Kier alpha value is -1.32. The zero-order valence-electron chi connectivity index (χ0n) is 12.7. The molecule has 2 atom stereocenters. The molecule has 19 heavy (non-hydrogen) atoms. The van der Waals surface area contributed by atoms with Gasteiger partial charge in [-0.3, -0.25) is 9.59 Å². The Kier molecular flexibility index (Phi) is 4.77. The van der Waals surface area contributed by atoms with Crippen LogP contribution in [0, 0.1) is 11.3 Å². The van der Waals surface area contributed by atoms with E-state index in [1.807, 2.05) is 34.6 Å². The minimum Gasteiger partial charge on any atom is -0.342 e. The van der Waals surface area contributed by atoms with Crippen molar-refractivity contribution in [3.8, 4) is 0 Å². The molecular weight excluding hydrogens is 240 g/mol. The summed E-state index contributed by atoms with van der Waals surface area (Å²) in [7, 11) is 0. The summed E-state index contributed by atoms with van der Waals surface area (Å²) in [4.78, 5) is 26.6. The minimum absolute atomic E-state index is 0.0210. The first kappa shape index (κ1) is 15.7. The van der Waals surface area contributed by atoms with Gasteiger partial charge >= 0.3 is 0 Å². The van der Waals surface area contributed by atoms with Gasteiger partial charge in [-0.15, -0.1) is 6.58 Å². The van der Waals surface area contributed by atoms with Crippen molar-refractivity contribution in [2.45, 2.75) is 53.1 Å². The monoisotopic (exact) mass is 266 g/mol. The molecule has 1 N–H and O–H groups in total. The average molecular weight is 266 g/mol. The van der Waals surface area contributed by atoms with Crippen LogP contribution in [0.2, 0.25) is 0 Å². The number of nitrogens with one attached hydrogen (secondary N) is 1. The highest BCUT2D eigenvalue weighted by Crippen LogP contribution is 2.27. The van der Waals surface area contributed by atoms with E-state index in [4.69, 9.17) is 0 Å². The highest BCUT2D eigenvalue weighted by atomic mass is 16.2. The molecule has 0 aliphatic carbocycles. The summed E-state index contributed by atoms with van der Waals surface area (Å²) < 4.78 is 0. The van der Waals surface area contributed by atoms with Crippen molar-refractivity contribution >= 4 is 11.8 Å². The molecule has 0 saturated carbocycles. The summed E-state index contributed by atoms with van der Waals surface area (Å²) in [5.74, 6) is 0.0842. The highest BCUT2D eigenvalue weighted by Gasteiger charge is 2.45. The number of hydrogen-bond acceptors (Lipinski definition) is 2. The SMILES string of the molecule is C=CCCN1C(=O)C(C(C)(C)C)NC(=O)C1C(C)C. The van der Waals surface area contributed by atoms with E-state index in [0.29, 0.717) is 13.0 Å². The van der Waals surface area contributed by atoms with Crippen molar-refractivity contribution in [2.75, 3.05) is 6.54 Å². The van der Waals surface area contributed by atoms with Gasteiger partial charge in [-0.2, -0.15) is 0 Å². The van der Waals surface area contributed by atoms with Gasteiger partial charge in [-0.05, 0) is 17.8 Å². The van der Waals surface area contributed by atoms with Crippen LogP contribution in [-0.4, -0.2) is 35.3 Å². The first-order valence-electron chi connectivity index (χ1n) is 6.92. The van der Waals surface area contributed by atoms with Crippen molar-refractivity contribution in [2.24, 2.45) is 11.3 Å². The molecule has 1 aliphatic heterocycles. The fourth-order valence-electron chi connectivity index (χ4n) is 2.46. The van der Waals surface area contributed by atoms with Gasteiger partial charge in [0.25, 0.3) is 0 Å². The van der Waals surface area contributed by atoms with Gasteiger partial charge in [0.2, 0.25) is 11.8 Å². The van der Waals surface area contributed by atoms with Gasteiger partial charge in [0.1, 0.15) is 12.1 Å². The summed E-state index contributed by atoms with van der Waals surface area (Å²) in [6, 6.07) is -0.814. The molecule has 0 aromatic carbocycles. The Labute approximate surface area is 116 Å². The fraction of sp³-hybridized carbons (Fsp3) is 0.733. The molecule has 0 radical (unpaired) electrons. The molecule has 0 aromatic heterocycles. The normalized spacial score (nSPS) is 24.6. The van der Waals surface area contributed by atoms with E-state index >= 15 is 0 Å². The van der Waals surface area contributed by atoms with Crippen LogP contribution in [0.4, 0.5) is 0 Å². The molecule has 0 bridgehead atoms. The molecule has 108 valence electrons. The predicted molar refractivity (Wildman–Crippen MR) is 76.5 cm³/mol. The topological polar surface area (TPSA) is 49.4 Å². The Balaban J connectivity index is 3.04. The number of carbonyl (C=O) groups is 2. The molecule has 0 spiro atoms. The molecule has 0 aromatic rings. The van der Waals surface area contributed by atoms with Crippen LogP contribution in [0.25, 0.3) is 0 Å². The van der Waals surface area contributed by atoms with E-state index in [1.54, 1.807) is 11.0 Å². The van der Waals surface area contributed by atoms with Crippen molar-refractivity contribution in [3.63, 3.8) is 0 Å². The van der Waals surface area contributed by atoms with Gasteiger partial charge in [0.15, 0.2) is 0 Å². The summed E-state index contributed by atoms with van der Waals surface area (Å²) in [5, 5.41) is 2.89. The van der Waals surface area contributed by atoms with Crippen molar-refractivity contribution in [1.82, 2.24) is 10.2 Å². The minimum atomic E-state index is -0.445. The Morgan fingerprint density at radius 2 is 1.95 bits per heavy atom. The maximum absolute atomic E-state index is 12.6. The van der Waals surface area contributed by atoms with Crippen LogP contribution in [-0.2, 0) is 9.59 Å². The summed E-state index contributed by atoms with van der Waals surface area (Å²) >= 11 is 0. The number of nitrogens with zero attached hydrogens (tertiary/aromatic N) is 1. The third-order valence-electron chi connectivity index (χ3n) is 3.49. The fourth-order valence-corrected chi connectivity index (χ4v) is 2.46. The van der Waals surface area contributed by atoms with Crippen LogP contribution in [0.15, 0.2) is 12.7 Å². The summed E-state index contributed by atoms with van der Waals surface area (Å²) in [6.07, 6.45) is 2.49. The number of piperazine rings is 1. The quantitative estimate of drug-likeness (QED) is 0.791. The first-order valence-corrected chi connectivity index (χ1v) is 6.92. The van der Waals surface area contributed by atoms with E-state index in [9.17, 15) is 9.59 Å². The van der Waals surface area contributed by atoms with Gasteiger partial charge < -0.3 is 10.2 Å². The third-order valence-corrected chi connectivity index (χ3v) is 3.49. The largest absolute Gasteiger partial charge is 0.342 e. The standard InChI is InChI=1S/C15H26N2O2/c1-7-8-9-17-11(10(2)3)13(18)16-12(14(17)19)15(4,5)6/h7,10-12H,1,8-9H2,2-6H3,(H,16,18). The first-order chi connectivity index (χ1) is 8.70. The van der Waals surface area contributed by atoms with Crippen LogP contribution in [0.3, 0.4) is 0 Å². The molecule has 4 nitrogen and oxygen atoms in total. The average Bonchev–Trinajstić information content (AvgIpc) is 2.27. The van der Waals surface area contributed by atoms with E-state index < -0.39 is 6.04 Å². The molecular formula is C15H26N2O2. The zero-order chi connectivity index (χ0) is 14.8. The number of carbonyl (C=O) groups excluding carboxylic acids is 2. The Morgan fingerprint density at radius 3 is 2.37 bits per heavy atom. The number of rotatable bonds is 4. The molecule has 1 rings (SSSR count). The Bertz CT molecular complexity index is 369. The van der Waals surface area contributed by atoms with Gasteiger partial charge in [-0.1, -0.05) is 40.7 Å². The molecule has 2 amide bonds. The summed E-state index contributed by atoms with van der Waals surface area (Å²) in [5.41, 5.74) is -0.277. The lowest BCUT2D eigenvalue weighted by atomic mass is 9.82. The second-order valence-electron chi connectivity index (χ2n) is 6.61. The van der Waals surface area contributed by atoms with Crippen LogP contribution >= 0.6 is 0 Å². The highest BCUT2D eigenvalue weighted by molar-refractivity contribution is 5.97. The smallest absolute Gasteiger partial charge is 0.246 e. The molecule has 1 aliphatic rings. The second-order valence-corrected chi connectivity index (χ2v) is 6.61. The van der Waals surface area contributed by atoms with E-state index in [0.717, 1.165) is 0 Å². The van der Waals surface area contributed by atoms with E-state index in [2.05, 4.69) is 11.9 Å². The Morgan fingerprint density at radius 1 is 1.37 bits per heavy atom. The summed E-state index contributed by atoms with van der Waals surface area (Å²) in [6.45, 7) is 14.1. The third kappa shape index (κ3) is 3.37. The zero-order valence-corrected chi connectivity index (χ0v) is 12.7. The molecule has 1 heterocycles. The lowest BCUT2D eigenvalue weighted by Gasteiger charge is -2.44. The van der Waals surface area contributed by atoms with Gasteiger partial charge in [-0.25, -0.2) is 0 Å². The molecule has 1 fully saturated rings.